The Labute approximate surface area is 51.3 Å². The average molecular weight is 156 g/mol. The second kappa shape index (κ2) is 2.76. The van der Waals surface area contributed by atoms with Crippen LogP contribution in [-0.2, 0) is 23.7 Å². The molecule has 0 bridgehead atoms. The molecule has 0 aliphatic carbocycles. The first-order valence-corrected chi connectivity index (χ1v) is 3.09. The van der Waals surface area contributed by atoms with Crippen LogP contribution in [0.5, 0.6) is 0 Å². The Balaban J connectivity index is 4.06. The molecule has 0 aromatic carbocycles. The summed E-state index contributed by atoms with van der Waals surface area (Å²) in [5, 5.41) is 7.48. The van der Waals surface area contributed by atoms with Crippen molar-refractivity contribution in [1.29, 1.82) is 0 Å². The minimum absolute atomic E-state index is 0.858. The predicted molar refractivity (Wildman–Crippen MR) is 24.4 cm³/mol. The molecule has 7 heteroatoms. The van der Waals surface area contributed by atoms with Crippen molar-refractivity contribution in [2.75, 3.05) is 0 Å². The third kappa shape index (κ3) is 3.88. The minimum atomic E-state index is -4.51. The van der Waals surface area contributed by atoms with E-state index in [2.05, 4.69) is 8.52 Å². The molecule has 0 fully saturated rings. The molecule has 0 rings (SSSR count). The molecule has 0 saturated heterocycles. The lowest BCUT2D eigenvalue weighted by Crippen LogP contribution is -2.11. The van der Waals surface area contributed by atoms with Crippen molar-refractivity contribution in [3.63, 3.8) is 0 Å². The summed E-state index contributed by atoms with van der Waals surface area (Å²) in [5.74, 6) is -1.08. The van der Waals surface area contributed by atoms with Crippen LogP contribution >= 0.6 is 0 Å². The van der Waals surface area contributed by atoms with Gasteiger partial charge in [0.05, 0.1) is 0 Å². The highest BCUT2D eigenvalue weighted by Gasteiger charge is 2.13. The Morgan fingerprint density at radius 3 is 2.11 bits per heavy atom. The van der Waals surface area contributed by atoms with Crippen molar-refractivity contribution < 1.29 is 27.0 Å². The van der Waals surface area contributed by atoms with E-state index in [0.717, 1.165) is 6.92 Å². The van der Waals surface area contributed by atoms with E-state index in [1.165, 1.54) is 0 Å². The summed E-state index contributed by atoms with van der Waals surface area (Å²) in [6.45, 7) is 0.858. The maximum Gasteiger partial charge on any atom is 0.478 e. The fraction of sp³-hybridized carbons (Fsp3) is 0.500. The number of carbonyl (C=O) groups excluding carboxylic acids is 1. The summed E-state index contributed by atoms with van der Waals surface area (Å²) in [7, 11) is -4.51. The second-order valence-corrected chi connectivity index (χ2v) is 2.19. The monoisotopic (exact) mass is 156 g/mol. The lowest BCUT2D eigenvalue weighted by atomic mass is 10.9. The van der Waals surface area contributed by atoms with Crippen LogP contribution in [0, 0.1) is 0 Å². The Morgan fingerprint density at radius 2 is 2.00 bits per heavy atom. The van der Waals surface area contributed by atoms with Crippen molar-refractivity contribution in [2.24, 2.45) is 0 Å². The third-order valence-corrected chi connectivity index (χ3v) is 0.932. The van der Waals surface area contributed by atoms with E-state index in [1.54, 1.807) is 0 Å². The standard InChI is InChI=1S/C2H4O6S/c1-2(3)7-9(5,6)8-4/h4H,1H3. The number of hydrogen-bond acceptors (Lipinski definition) is 6. The van der Waals surface area contributed by atoms with Gasteiger partial charge in [0, 0.05) is 6.92 Å². The summed E-state index contributed by atoms with van der Waals surface area (Å²) >= 11 is 0. The molecule has 0 aromatic rings. The van der Waals surface area contributed by atoms with E-state index >= 15 is 0 Å². The zero-order valence-electron chi connectivity index (χ0n) is 4.40. The summed E-state index contributed by atoms with van der Waals surface area (Å²) in [6, 6.07) is 0. The van der Waals surface area contributed by atoms with Crippen LogP contribution in [-0.4, -0.2) is 19.6 Å². The van der Waals surface area contributed by atoms with Crippen LogP contribution in [0.1, 0.15) is 6.92 Å². The Hall–Kier alpha value is -0.660. The van der Waals surface area contributed by atoms with Crippen molar-refractivity contribution in [2.45, 2.75) is 6.92 Å². The van der Waals surface area contributed by atoms with Gasteiger partial charge in [-0.3, -0.25) is 4.79 Å². The number of rotatable bonds is 2. The summed E-state index contributed by atoms with van der Waals surface area (Å²) in [4.78, 5) is 9.83. The molecule has 6 nitrogen and oxygen atoms in total. The van der Waals surface area contributed by atoms with E-state index in [-0.39, 0.29) is 0 Å². The van der Waals surface area contributed by atoms with Gasteiger partial charge in [-0.25, -0.2) is 5.26 Å². The molecular formula is C2H4O6S. The maximum absolute atomic E-state index is 9.89. The zero-order valence-corrected chi connectivity index (χ0v) is 5.21. The average Bonchev–Trinajstić information content (AvgIpc) is 1.63. The van der Waals surface area contributed by atoms with Crippen LogP contribution in [0.4, 0.5) is 0 Å². The molecule has 9 heavy (non-hydrogen) atoms. The van der Waals surface area contributed by atoms with Crippen molar-refractivity contribution in [3.8, 4) is 0 Å². The van der Waals surface area contributed by atoms with Gasteiger partial charge < -0.3 is 4.18 Å². The van der Waals surface area contributed by atoms with Gasteiger partial charge in [0.2, 0.25) is 0 Å². The smallest absolute Gasteiger partial charge is 0.324 e. The highest BCUT2D eigenvalue weighted by molar-refractivity contribution is 7.82. The highest BCUT2D eigenvalue weighted by Crippen LogP contribution is 1.91. The molecule has 0 amide bonds. The van der Waals surface area contributed by atoms with E-state index in [9.17, 15) is 13.2 Å². The molecular weight excluding hydrogens is 152 g/mol. The molecule has 0 atom stereocenters. The van der Waals surface area contributed by atoms with Gasteiger partial charge in [-0.15, -0.1) is 0 Å². The Bertz CT molecular complexity index is 189. The fourth-order valence-electron chi connectivity index (χ4n) is 0.159. The zero-order chi connectivity index (χ0) is 7.49. The molecule has 0 radical (unpaired) electrons. The molecule has 0 aliphatic heterocycles. The molecule has 0 aliphatic rings. The van der Waals surface area contributed by atoms with Gasteiger partial charge in [-0.05, 0) is 0 Å². The Morgan fingerprint density at radius 1 is 1.56 bits per heavy atom. The molecule has 54 valence electrons. The van der Waals surface area contributed by atoms with Gasteiger partial charge in [0.1, 0.15) is 0 Å². The predicted octanol–water partition coefficient (Wildman–Crippen LogP) is -0.716. The van der Waals surface area contributed by atoms with Gasteiger partial charge in [-0.1, -0.05) is 4.33 Å². The van der Waals surface area contributed by atoms with E-state index in [0.29, 0.717) is 0 Å². The maximum atomic E-state index is 9.89. The van der Waals surface area contributed by atoms with Crippen LogP contribution in [0.15, 0.2) is 0 Å². The third-order valence-electron chi connectivity index (χ3n) is 0.311. The van der Waals surface area contributed by atoms with Crippen molar-refractivity contribution in [3.05, 3.63) is 0 Å². The van der Waals surface area contributed by atoms with E-state index in [4.69, 9.17) is 5.26 Å². The Kier molecular flexibility index (Phi) is 2.56. The molecule has 0 aromatic heterocycles. The molecule has 0 saturated carbocycles. The van der Waals surface area contributed by atoms with Gasteiger partial charge in [-0.2, -0.15) is 8.42 Å². The van der Waals surface area contributed by atoms with Crippen LogP contribution < -0.4 is 0 Å². The first kappa shape index (κ1) is 8.34. The minimum Gasteiger partial charge on any atom is -0.324 e. The van der Waals surface area contributed by atoms with E-state index in [1.807, 2.05) is 0 Å². The molecule has 0 heterocycles. The lowest BCUT2D eigenvalue weighted by Gasteiger charge is -1.94. The summed E-state index contributed by atoms with van der Waals surface area (Å²) in [5.41, 5.74) is 0. The second-order valence-electron chi connectivity index (χ2n) is 1.06. The molecule has 0 spiro atoms. The highest BCUT2D eigenvalue weighted by atomic mass is 32.3. The molecule has 0 unspecified atom stereocenters. The largest absolute Gasteiger partial charge is 0.478 e. The first-order chi connectivity index (χ1) is 3.98. The normalized spacial score (nSPS) is 10.9. The summed E-state index contributed by atoms with van der Waals surface area (Å²) < 4.78 is 26.0. The van der Waals surface area contributed by atoms with Crippen LogP contribution in [0.3, 0.4) is 0 Å². The van der Waals surface area contributed by atoms with Crippen molar-refractivity contribution in [1.82, 2.24) is 0 Å². The summed E-state index contributed by atoms with van der Waals surface area (Å²) in [6.07, 6.45) is 0. The lowest BCUT2D eigenvalue weighted by molar-refractivity contribution is -0.152. The van der Waals surface area contributed by atoms with Gasteiger partial charge >= 0.3 is 16.4 Å². The van der Waals surface area contributed by atoms with E-state index < -0.39 is 16.4 Å². The first-order valence-electron chi connectivity index (χ1n) is 1.76. The topological polar surface area (TPSA) is 89.9 Å². The van der Waals surface area contributed by atoms with Crippen LogP contribution in [0.25, 0.3) is 0 Å². The number of carbonyl (C=O) groups is 1. The number of hydrogen-bond donors (Lipinski definition) is 1. The van der Waals surface area contributed by atoms with Gasteiger partial charge in [0.25, 0.3) is 0 Å². The SMILES string of the molecule is CC(=O)OS(=O)(=O)OO. The van der Waals surface area contributed by atoms with Gasteiger partial charge in [0.15, 0.2) is 0 Å². The quantitative estimate of drug-likeness (QED) is 0.419. The van der Waals surface area contributed by atoms with Crippen LogP contribution in [0.2, 0.25) is 0 Å². The molecule has 1 N–H and O–H groups in total. The van der Waals surface area contributed by atoms with Crippen molar-refractivity contribution >= 4 is 16.4 Å². The fourth-order valence-corrected chi connectivity index (χ4v) is 0.477.